The Morgan fingerprint density at radius 2 is 2.00 bits per heavy atom. The Kier molecular flexibility index (Phi) is 2.57. The fourth-order valence-electron chi connectivity index (χ4n) is 1.91. The molecule has 1 amide bonds. The van der Waals surface area contributed by atoms with E-state index in [0.29, 0.717) is 11.0 Å². The first-order valence-electron chi connectivity index (χ1n) is 5.10. The van der Waals surface area contributed by atoms with Crippen LogP contribution >= 0.6 is 15.9 Å². The molecular formula is C12H13BrFNO. The Labute approximate surface area is 103 Å². The second-order valence-corrected chi connectivity index (χ2v) is 5.90. The molecule has 1 heterocycles. The Morgan fingerprint density at radius 3 is 2.56 bits per heavy atom. The van der Waals surface area contributed by atoms with Crippen LogP contribution in [0.15, 0.2) is 16.6 Å². The lowest BCUT2D eigenvalue weighted by Crippen LogP contribution is -2.41. The van der Waals surface area contributed by atoms with Gasteiger partial charge in [-0.05, 0) is 38.5 Å². The van der Waals surface area contributed by atoms with E-state index in [2.05, 4.69) is 15.9 Å². The van der Waals surface area contributed by atoms with Crippen molar-refractivity contribution in [3.8, 4) is 0 Å². The van der Waals surface area contributed by atoms with E-state index in [1.807, 2.05) is 26.8 Å². The first-order chi connectivity index (χ1) is 7.30. The average Bonchev–Trinajstić information content (AvgIpc) is 2.41. The van der Waals surface area contributed by atoms with Crippen LogP contribution in [0.5, 0.6) is 0 Å². The zero-order valence-electron chi connectivity index (χ0n) is 9.47. The maximum atomic E-state index is 13.7. The number of carbonyl (C=O) groups excluding carboxylic acids is 1. The quantitative estimate of drug-likeness (QED) is 0.716. The summed E-state index contributed by atoms with van der Waals surface area (Å²) < 4.78 is 14.4. The second kappa shape index (κ2) is 3.55. The summed E-state index contributed by atoms with van der Waals surface area (Å²) >= 11 is 3.24. The highest BCUT2D eigenvalue weighted by atomic mass is 79.9. The van der Waals surface area contributed by atoms with Crippen molar-refractivity contribution >= 4 is 21.8 Å². The smallest absolute Gasteiger partial charge is 0.257 e. The zero-order chi connectivity index (χ0) is 12.1. The van der Waals surface area contributed by atoms with Gasteiger partial charge in [-0.3, -0.25) is 4.79 Å². The van der Waals surface area contributed by atoms with Gasteiger partial charge in [0.1, 0.15) is 5.82 Å². The van der Waals surface area contributed by atoms with E-state index in [-0.39, 0.29) is 17.0 Å². The van der Waals surface area contributed by atoms with Crippen molar-refractivity contribution in [2.24, 2.45) is 0 Å². The minimum atomic E-state index is -0.443. The van der Waals surface area contributed by atoms with Crippen LogP contribution in [-0.4, -0.2) is 16.3 Å². The van der Waals surface area contributed by atoms with Crippen molar-refractivity contribution in [3.05, 3.63) is 33.5 Å². The van der Waals surface area contributed by atoms with E-state index in [1.165, 1.54) is 6.07 Å². The van der Waals surface area contributed by atoms with E-state index in [0.717, 1.165) is 5.56 Å². The van der Waals surface area contributed by atoms with Crippen molar-refractivity contribution in [2.45, 2.75) is 32.9 Å². The highest BCUT2D eigenvalue weighted by molar-refractivity contribution is 9.10. The van der Waals surface area contributed by atoms with Crippen molar-refractivity contribution in [3.63, 3.8) is 0 Å². The van der Waals surface area contributed by atoms with E-state index < -0.39 is 5.82 Å². The fraction of sp³-hybridized carbons (Fsp3) is 0.417. The summed E-state index contributed by atoms with van der Waals surface area (Å²) in [5.41, 5.74) is 0.694. The van der Waals surface area contributed by atoms with E-state index >= 15 is 0 Å². The van der Waals surface area contributed by atoms with E-state index in [9.17, 15) is 9.18 Å². The predicted molar refractivity (Wildman–Crippen MR) is 63.7 cm³/mol. The molecule has 0 N–H and O–H groups in total. The molecule has 0 fully saturated rings. The summed E-state index contributed by atoms with van der Waals surface area (Å²) in [6, 6.07) is 3.14. The second-order valence-electron chi connectivity index (χ2n) is 4.98. The molecule has 0 saturated carbocycles. The van der Waals surface area contributed by atoms with Crippen molar-refractivity contribution in [1.82, 2.24) is 4.90 Å². The van der Waals surface area contributed by atoms with Crippen molar-refractivity contribution in [1.29, 1.82) is 0 Å². The van der Waals surface area contributed by atoms with Gasteiger partial charge in [-0.1, -0.05) is 15.9 Å². The van der Waals surface area contributed by atoms with Crippen LogP contribution in [0.3, 0.4) is 0 Å². The van der Waals surface area contributed by atoms with Gasteiger partial charge in [0.15, 0.2) is 0 Å². The number of rotatable bonds is 0. The molecule has 0 spiro atoms. The van der Waals surface area contributed by atoms with Gasteiger partial charge in [-0.2, -0.15) is 0 Å². The van der Waals surface area contributed by atoms with Crippen molar-refractivity contribution < 1.29 is 9.18 Å². The summed E-state index contributed by atoms with van der Waals surface area (Å²) in [6.45, 7) is 6.32. The highest BCUT2D eigenvalue weighted by Gasteiger charge is 2.36. The van der Waals surface area contributed by atoms with Crippen LogP contribution in [0.25, 0.3) is 0 Å². The predicted octanol–water partition coefficient (Wildman–Crippen LogP) is 3.34. The third-order valence-electron chi connectivity index (χ3n) is 2.73. The molecule has 0 saturated heterocycles. The molecule has 1 aromatic carbocycles. The van der Waals surface area contributed by atoms with Gasteiger partial charge in [-0.25, -0.2) is 4.39 Å². The molecule has 0 bridgehead atoms. The third kappa shape index (κ3) is 1.75. The summed E-state index contributed by atoms with van der Waals surface area (Å²) in [4.78, 5) is 13.7. The number of hydrogen-bond donors (Lipinski definition) is 0. The third-order valence-corrected chi connectivity index (χ3v) is 3.19. The number of amides is 1. The summed E-state index contributed by atoms with van der Waals surface area (Å²) in [7, 11) is 0. The maximum absolute atomic E-state index is 13.7. The van der Waals surface area contributed by atoms with Gasteiger partial charge in [-0.15, -0.1) is 0 Å². The van der Waals surface area contributed by atoms with Crippen LogP contribution in [0, 0.1) is 5.82 Å². The number of hydrogen-bond acceptors (Lipinski definition) is 1. The molecule has 2 rings (SSSR count). The van der Waals surface area contributed by atoms with Gasteiger partial charge in [0.2, 0.25) is 0 Å². The van der Waals surface area contributed by atoms with Gasteiger partial charge in [0, 0.05) is 16.6 Å². The molecule has 1 aliphatic heterocycles. The Bertz CT molecular complexity index is 465. The average molecular weight is 286 g/mol. The van der Waals surface area contributed by atoms with Crippen molar-refractivity contribution in [2.75, 3.05) is 0 Å². The standard InChI is InChI=1S/C12H13BrFNO/c1-12(2,3)15-6-7-4-8(13)5-9(14)10(7)11(15)16/h4-5H,6H2,1-3H3. The molecular weight excluding hydrogens is 273 g/mol. The van der Waals surface area contributed by atoms with Gasteiger partial charge >= 0.3 is 0 Å². The van der Waals surface area contributed by atoms with Crippen LogP contribution < -0.4 is 0 Å². The Morgan fingerprint density at radius 1 is 1.38 bits per heavy atom. The number of benzene rings is 1. The maximum Gasteiger partial charge on any atom is 0.257 e. The molecule has 0 radical (unpaired) electrons. The molecule has 0 unspecified atom stereocenters. The lowest BCUT2D eigenvalue weighted by atomic mass is 10.1. The molecule has 86 valence electrons. The molecule has 0 aliphatic carbocycles. The topological polar surface area (TPSA) is 20.3 Å². The summed E-state index contributed by atoms with van der Waals surface area (Å²) in [6.07, 6.45) is 0. The summed E-state index contributed by atoms with van der Waals surface area (Å²) in [5.74, 6) is -0.659. The largest absolute Gasteiger partial charge is 0.329 e. The normalized spacial score (nSPS) is 15.6. The minimum Gasteiger partial charge on any atom is -0.329 e. The van der Waals surface area contributed by atoms with Gasteiger partial charge < -0.3 is 4.90 Å². The molecule has 1 aliphatic rings. The summed E-state index contributed by atoms with van der Waals surface area (Å²) in [5, 5.41) is 0. The molecule has 4 heteroatoms. The number of carbonyl (C=O) groups is 1. The zero-order valence-corrected chi connectivity index (χ0v) is 11.1. The SMILES string of the molecule is CC(C)(C)N1Cc2cc(Br)cc(F)c2C1=O. The van der Waals surface area contributed by atoms with Crippen LogP contribution in [0.2, 0.25) is 0 Å². The Balaban J connectivity index is 2.51. The first-order valence-corrected chi connectivity index (χ1v) is 5.90. The fourth-order valence-corrected chi connectivity index (χ4v) is 2.39. The highest BCUT2D eigenvalue weighted by Crippen LogP contribution is 2.32. The number of fused-ring (bicyclic) bond motifs is 1. The molecule has 1 aromatic rings. The molecule has 2 nitrogen and oxygen atoms in total. The lowest BCUT2D eigenvalue weighted by Gasteiger charge is -2.31. The van der Waals surface area contributed by atoms with E-state index in [4.69, 9.17) is 0 Å². The lowest BCUT2D eigenvalue weighted by molar-refractivity contribution is 0.0606. The Hall–Kier alpha value is -0.900. The number of halogens is 2. The first kappa shape index (κ1) is 11.6. The van der Waals surface area contributed by atoms with Crippen LogP contribution in [0.4, 0.5) is 4.39 Å². The molecule has 0 aromatic heterocycles. The molecule has 0 atom stereocenters. The van der Waals surface area contributed by atoms with Gasteiger partial charge in [0.05, 0.1) is 5.56 Å². The monoisotopic (exact) mass is 285 g/mol. The number of nitrogens with zero attached hydrogens (tertiary/aromatic N) is 1. The van der Waals surface area contributed by atoms with E-state index in [1.54, 1.807) is 4.90 Å². The van der Waals surface area contributed by atoms with Gasteiger partial charge in [0.25, 0.3) is 5.91 Å². The molecule has 16 heavy (non-hydrogen) atoms. The minimum absolute atomic E-state index is 0.215. The van der Waals surface area contributed by atoms with Crippen LogP contribution in [0.1, 0.15) is 36.7 Å². The van der Waals surface area contributed by atoms with Crippen LogP contribution in [-0.2, 0) is 6.54 Å².